The van der Waals surface area contributed by atoms with Crippen molar-refractivity contribution in [3.8, 4) is 0 Å². The Balaban J connectivity index is 1.63. The average Bonchev–Trinajstić information content (AvgIpc) is 3.21. The van der Waals surface area contributed by atoms with Crippen molar-refractivity contribution < 1.29 is 19.1 Å². The van der Waals surface area contributed by atoms with Gasteiger partial charge >= 0.3 is 0 Å². The van der Waals surface area contributed by atoms with Gasteiger partial charge in [-0.1, -0.05) is 25.1 Å². The predicted octanol–water partition coefficient (Wildman–Crippen LogP) is 2.95. The van der Waals surface area contributed by atoms with Crippen molar-refractivity contribution in [2.45, 2.75) is 19.9 Å². The number of imide groups is 1. The molecule has 2 saturated heterocycles. The van der Waals surface area contributed by atoms with E-state index in [0.29, 0.717) is 37.8 Å². The van der Waals surface area contributed by atoms with Gasteiger partial charge in [0.05, 0.1) is 18.1 Å². The standard InChI is InChI=1S/C21H23N3O4S/c1-2-7-24-20(26)18(29-21(24)27)12-15-13-23(17-6-4-3-5-16(15)17)14-19(25)22-8-10-28-11-9-22/h3-6,12-13H,2,7-11,14H2,1H3/b18-12+. The van der Waals surface area contributed by atoms with Crippen molar-refractivity contribution in [3.05, 3.63) is 40.9 Å². The van der Waals surface area contributed by atoms with E-state index in [1.165, 1.54) is 4.90 Å². The summed E-state index contributed by atoms with van der Waals surface area (Å²) >= 11 is 0.971. The van der Waals surface area contributed by atoms with Gasteiger partial charge in [-0.3, -0.25) is 19.3 Å². The number of benzene rings is 1. The van der Waals surface area contributed by atoms with Crippen LogP contribution in [-0.4, -0.2) is 64.3 Å². The minimum atomic E-state index is -0.247. The number of carbonyl (C=O) groups excluding carboxylic acids is 3. The fourth-order valence-corrected chi connectivity index (χ4v) is 4.49. The molecule has 3 heterocycles. The minimum Gasteiger partial charge on any atom is -0.378 e. The van der Waals surface area contributed by atoms with Crippen LogP contribution in [0.5, 0.6) is 0 Å². The number of ether oxygens (including phenoxy) is 1. The lowest BCUT2D eigenvalue weighted by atomic mass is 10.1. The van der Waals surface area contributed by atoms with Gasteiger partial charge < -0.3 is 14.2 Å². The number of amides is 3. The van der Waals surface area contributed by atoms with Crippen LogP contribution in [0.1, 0.15) is 18.9 Å². The van der Waals surface area contributed by atoms with Crippen LogP contribution in [0.4, 0.5) is 4.79 Å². The third kappa shape index (κ3) is 3.95. The molecule has 29 heavy (non-hydrogen) atoms. The molecule has 2 aliphatic heterocycles. The first-order valence-corrected chi connectivity index (χ1v) is 10.6. The summed E-state index contributed by atoms with van der Waals surface area (Å²) < 4.78 is 7.23. The summed E-state index contributed by atoms with van der Waals surface area (Å²) in [6, 6.07) is 7.78. The molecule has 152 valence electrons. The Bertz CT molecular complexity index is 991. The zero-order valence-corrected chi connectivity index (χ0v) is 17.1. The fraction of sp³-hybridized carbons (Fsp3) is 0.381. The van der Waals surface area contributed by atoms with Crippen LogP contribution in [0.2, 0.25) is 0 Å². The summed E-state index contributed by atoms with van der Waals surface area (Å²) in [4.78, 5) is 40.9. The molecule has 0 unspecified atom stereocenters. The van der Waals surface area contributed by atoms with E-state index in [1.807, 2.05) is 46.9 Å². The highest BCUT2D eigenvalue weighted by Crippen LogP contribution is 2.34. The Hall–Kier alpha value is -2.58. The Morgan fingerprint density at radius 2 is 1.97 bits per heavy atom. The van der Waals surface area contributed by atoms with Crippen LogP contribution in [0.3, 0.4) is 0 Å². The molecule has 0 aliphatic carbocycles. The van der Waals surface area contributed by atoms with Crippen LogP contribution in [0.25, 0.3) is 17.0 Å². The van der Waals surface area contributed by atoms with E-state index >= 15 is 0 Å². The highest BCUT2D eigenvalue weighted by Gasteiger charge is 2.34. The molecule has 1 aromatic heterocycles. The van der Waals surface area contributed by atoms with Crippen molar-refractivity contribution >= 4 is 45.8 Å². The molecular formula is C21H23N3O4S. The van der Waals surface area contributed by atoms with E-state index in [1.54, 1.807) is 6.08 Å². The maximum Gasteiger partial charge on any atom is 0.293 e. The Morgan fingerprint density at radius 1 is 1.21 bits per heavy atom. The molecule has 4 rings (SSSR count). The normalized spacial score (nSPS) is 19.0. The average molecular weight is 413 g/mol. The number of carbonyl (C=O) groups is 3. The lowest BCUT2D eigenvalue weighted by Gasteiger charge is -2.27. The molecule has 3 amide bonds. The van der Waals surface area contributed by atoms with Gasteiger partial charge in [0.15, 0.2) is 0 Å². The zero-order chi connectivity index (χ0) is 20.4. The Labute approximate surface area is 173 Å². The first-order valence-electron chi connectivity index (χ1n) is 9.77. The second-order valence-corrected chi connectivity index (χ2v) is 8.05. The molecule has 8 heteroatoms. The highest BCUT2D eigenvalue weighted by molar-refractivity contribution is 8.18. The van der Waals surface area contributed by atoms with Crippen molar-refractivity contribution in [2.75, 3.05) is 32.8 Å². The maximum absolute atomic E-state index is 12.7. The molecule has 0 spiro atoms. The largest absolute Gasteiger partial charge is 0.378 e. The number of hydrogen-bond acceptors (Lipinski definition) is 5. The van der Waals surface area contributed by atoms with E-state index in [2.05, 4.69) is 0 Å². The Morgan fingerprint density at radius 3 is 2.72 bits per heavy atom. The van der Waals surface area contributed by atoms with Crippen LogP contribution >= 0.6 is 11.8 Å². The van der Waals surface area contributed by atoms with Crippen LogP contribution in [-0.2, 0) is 20.9 Å². The highest BCUT2D eigenvalue weighted by atomic mass is 32.2. The number of morpholine rings is 1. The van der Waals surface area contributed by atoms with Gasteiger partial charge in [-0.2, -0.15) is 0 Å². The topological polar surface area (TPSA) is 71.8 Å². The fourth-order valence-electron chi connectivity index (χ4n) is 3.64. The van der Waals surface area contributed by atoms with Crippen molar-refractivity contribution in [3.63, 3.8) is 0 Å². The maximum atomic E-state index is 12.7. The van der Waals surface area contributed by atoms with Gasteiger partial charge in [0.25, 0.3) is 11.1 Å². The molecule has 2 aromatic rings. The van der Waals surface area contributed by atoms with Gasteiger partial charge in [0.2, 0.25) is 5.91 Å². The molecular weight excluding hydrogens is 390 g/mol. The number of thioether (sulfide) groups is 1. The smallest absolute Gasteiger partial charge is 0.293 e. The third-order valence-corrected chi connectivity index (χ3v) is 6.00. The molecule has 0 saturated carbocycles. The number of nitrogens with zero attached hydrogens (tertiary/aromatic N) is 3. The second-order valence-electron chi connectivity index (χ2n) is 7.06. The van der Waals surface area contributed by atoms with Crippen molar-refractivity contribution in [1.82, 2.24) is 14.4 Å². The van der Waals surface area contributed by atoms with Gasteiger partial charge in [-0.15, -0.1) is 0 Å². The van der Waals surface area contributed by atoms with Crippen LogP contribution < -0.4 is 0 Å². The van der Waals surface area contributed by atoms with E-state index in [4.69, 9.17) is 4.74 Å². The summed E-state index contributed by atoms with van der Waals surface area (Å²) in [5, 5.41) is 0.721. The number of rotatable bonds is 5. The van der Waals surface area contributed by atoms with E-state index in [-0.39, 0.29) is 23.6 Å². The number of hydrogen-bond donors (Lipinski definition) is 0. The summed E-state index contributed by atoms with van der Waals surface area (Å²) in [6.45, 7) is 4.94. The minimum absolute atomic E-state index is 0.0453. The summed E-state index contributed by atoms with van der Waals surface area (Å²) in [5.74, 6) is -0.202. The van der Waals surface area contributed by atoms with Gasteiger partial charge in [0.1, 0.15) is 6.54 Å². The molecule has 0 bridgehead atoms. The number of para-hydroxylation sites is 1. The summed E-state index contributed by atoms with van der Waals surface area (Å²) in [7, 11) is 0. The molecule has 2 aliphatic rings. The number of fused-ring (bicyclic) bond motifs is 1. The van der Waals surface area contributed by atoms with Gasteiger partial charge in [-0.25, -0.2) is 0 Å². The van der Waals surface area contributed by atoms with Gasteiger partial charge in [-0.05, 0) is 30.3 Å². The number of aromatic nitrogens is 1. The predicted molar refractivity (Wildman–Crippen MR) is 112 cm³/mol. The second kappa shape index (κ2) is 8.42. The lowest BCUT2D eigenvalue weighted by molar-refractivity contribution is -0.135. The zero-order valence-electron chi connectivity index (χ0n) is 16.3. The molecule has 1 aromatic carbocycles. The quantitative estimate of drug-likeness (QED) is 0.705. The van der Waals surface area contributed by atoms with E-state index in [9.17, 15) is 14.4 Å². The SMILES string of the molecule is CCCN1C(=O)S/C(=C/c2cn(CC(=O)N3CCOCC3)c3ccccc23)C1=O. The summed E-state index contributed by atoms with van der Waals surface area (Å²) in [5.41, 5.74) is 1.76. The summed E-state index contributed by atoms with van der Waals surface area (Å²) in [6.07, 6.45) is 4.38. The molecule has 2 fully saturated rings. The van der Waals surface area contributed by atoms with E-state index in [0.717, 1.165) is 34.6 Å². The first kappa shape index (κ1) is 19.7. The van der Waals surface area contributed by atoms with Crippen molar-refractivity contribution in [1.29, 1.82) is 0 Å². The van der Waals surface area contributed by atoms with Crippen LogP contribution in [0, 0.1) is 0 Å². The van der Waals surface area contributed by atoms with Gasteiger partial charge in [0, 0.05) is 42.3 Å². The Kier molecular flexibility index (Phi) is 5.73. The van der Waals surface area contributed by atoms with E-state index < -0.39 is 0 Å². The van der Waals surface area contributed by atoms with Crippen molar-refractivity contribution in [2.24, 2.45) is 0 Å². The monoisotopic (exact) mass is 413 g/mol. The lowest BCUT2D eigenvalue weighted by Crippen LogP contribution is -2.42. The van der Waals surface area contributed by atoms with Crippen LogP contribution in [0.15, 0.2) is 35.4 Å². The molecule has 0 radical (unpaired) electrons. The third-order valence-electron chi connectivity index (χ3n) is 5.10. The first-order chi connectivity index (χ1) is 14.1. The molecule has 0 atom stereocenters. The molecule has 7 nitrogen and oxygen atoms in total. The molecule has 0 N–H and O–H groups in total.